The topological polar surface area (TPSA) is 19.6 Å². The highest BCUT2D eigenvalue weighted by atomic mass is 16.3. The van der Waals surface area contributed by atoms with Crippen molar-refractivity contribution >= 4 is 68.4 Å². The molecule has 0 N–H and O–H groups in total. The molecule has 368 valence electrons. The van der Waals surface area contributed by atoms with Gasteiger partial charge in [-0.3, -0.25) is 0 Å². The Bertz CT molecular complexity index is 3240. The molecule has 2 aliphatic heterocycles. The standard InChI is InChI=1S/C67H81BN2O/c1-40-32-47-49(65(11,12)27-26-63(47,7)8)38-53(40)70-54-35-43(61(2,3)4)20-23-52(54)68-58-55(33-42(34-56(58)70)41-18-16-15-17-19-41)69(44-21-22-46-48(36-44)64(9,10)25-24-62(46,5)6)59-45-37-50-51(39-57(45)71-60(59)68)67(14)30-28-66(50,13)29-31-67/h20-23,32-39,41H,15-19,24-31H2,1-14H3. The van der Waals surface area contributed by atoms with Crippen LogP contribution in [0, 0.1) is 6.92 Å². The van der Waals surface area contributed by atoms with Crippen molar-refractivity contribution in [1.82, 2.24) is 0 Å². The summed E-state index contributed by atoms with van der Waals surface area (Å²) in [6.45, 7) is 34.5. The van der Waals surface area contributed by atoms with Crippen molar-refractivity contribution in [3.05, 3.63) is 123 Å². The lowest BCUT2D eigenvalue weighted by Gasteiger charge is -2.52. The quantitative estimate of drug-likeness (QED) is 0.165. The van der Waals surface area contributed by atoms with Crippen LogP contribution in [0.25, 0.3) is 11.0 Å². The minimum atomic E-state index is -0.0689. The highest BCUT2D eigenvalue weighted by Gasteiger charge is 2.52. The monoisotopic (exact) mass is 941 g/mol. The average molecular weight is 941 g/mol. The summed E-state index contributed by atoms with van der Waals surface area (Å²) in [5, 5.41) is 1.29. The second-order valence-electron chi connectivity index (χ2n) is 28.7. The predicted octanol–water partition coefficient (Wildman–Crippen LogP) is 17.0. The number of hydrogen-bond acceptors (Lipinski definition) is 3. The summed E-state index contributed by atoms with van der Waals surface area (Å²) in [4.78, 5) is 5.51. The summed E-state index contributed by atoms with van der Waals surface area (Å²) in [5.74, 6) is 0.521. The minimum absolute atomic E-state index is 0.0275. The van der Waals surface area contributed by atoms with Crippen LogP contribution in [0.1, 0.15) is 229 Å². The molecular weight excluding hydrogens is 860 g/mol. The summed E-state index contributed by atoms with van der Waals surface area (Å²) < 4.78 is 7.76. The van der Waals surface area contributed by atoms with Crippen LogP contribution in [-0.2, 0) is 37.9 Å². The van der Waals surface area contributed by atoms with Gasteiger partial charge in [0.2, 0.25) is 0 Å². The molecule has 4 heteroatoms. The first kappa shape index (κ1) is 46.1. The maximum atomic E-state index is 7.76. The second-order valence-corrected chi connectivity index (χ2v) is 28.7. The molecule has 6 aromatic rings. The zero-order valence-electron chi connectivity index (χ0n) is 46.1. The normalized spacial score (nSPS) is 25.3. The van der Waals surface area contributed by atoms with Crippen molar-refractivity contribution in [1.29, 1.82) is 0 Å². The molecule has 1 aromatic heterocycles. The Kier molecular flexibility index (Phi) is 9.58. The summed E-state index contributed by atoms with van der Waals surface area (Å²) in [6, 6.07) is 31.0. The number of nitrogens with zero attached hydrogens (tertiary/aromatic N) is 2. The molecule has 2 fully saturated rings. The van der Waals surface area contributed by atoms with Gasteiger partial charge in [0, 0.05) is 33.8 Å². The van der Waals surface area contributed by atoms with E-state index in [9.17, 15) is 0 Å². The highest BCUT2D eigenvalue weighted by Crippen LogP contribution is 2.59. The first-order chi connectivity index (χ1) is 33.4. The Hall–Kier alpha value is -4.70. The first-order valence-corrected chi connectivity index (χ1v) is 28.2. The fraction of sp³-hybridized carbons (Fsp3) is 0.522. The van der Waals surface area contributed by atoms with Crippen LogP contribution in [0.5, 0.6) is 0 Å². The molecule has 0 spiro atoms. The molecule has 0 saturated heterocycles. The Labute approximate surface area is 427 Å². The number of benzene rings is 5. The summed E-state index contributed by atoms with van der Waals surface area (Å²) in [5.41, 5.74) is 26.9. The van der Waals surface area contributed by atoms with E-state index in [1.807, 2.05) is 0 Å². The van der Waals surface area contributed by atoms with Crippen molar-refractivity contribution in [3.63, 3.8) is 0 Å². The van der Waals surface area contributed by atoms with E-state index in [0.29, 0.717) is 5.92 Å². The molecule has 0 radical (unpaired) electrons. The number of fused-ring (bicyclic) bond motifs is 10. The maximum Gasteiger partial charge on any atom is 0.297 e. The third-order valence-electron chi connectivity index (χ3n) is 21.0. The van der Waals surface area contributed by atoms with Gasteiger partial charge in [-0.15, -0.1) is 0 Å². The lowest BCUT2D eigenvalue weighted by molar-refractivity contribution is 0.188. The Morgan fingerprint density at radius 3 is 1.70 bits per heavy atom. The van der Waals surface area contributed by atoms with Gasteiger partial charge in [-0.05, 0) is 224 Å². The number of furan rings is 1. The van der Waals surface area contributed by atoms with Gasteiger partial charge >= 0.3 is 0 Å². The largest absolute Gasteiger partial charge is 0.468 e. The van der Waals surface area contributed by atoms with Crippen LogP contribution in [0.3, 0.4) is 0 Å². The molecule has 2 bridgehead atoms. The van der Waals surface area contributed by atoms with E-state index in [0.717, 1.165) is 11.2 Å². The van der Waals surface area contributed by atoms with Crippen molar-refractivity contribution in [2.45, 2.75) is 224 Å². The van der Waals surface area contributed by atoms with Crippen molar-refractivity contribution in [2.24, 2.45) is 0 Å². The minimum Gasteiger partial charge on any atom is -0.468 e. The fourth-order valence-electron chi connectivity index (χ4n) is 15.8. The molecule has 6 aliphatic carbocycles. The smallest absolute Gasteiger partial charge is 0.297 e. The molecule has 0 atom stereocenters. The van der Waals surface area contributed by atoms with E-state index in [1.54, 1.807) is 5.56 Å². The van der Waals surface area contributed by atoms with Gasteiger partial charge in [0.1, 0.15) is 5.58 Å². The first-order valence-electron chi connectivity index (χ1n) is 28.2. The van der Waals surface area contributed by atoms with Crippen LogP contribution in [0.2, 0.25) is 0 Å². The fourth-order valence-corrected chi connectivity index (χ4v) is 15.8. The lowest BCUT2D eigenvalue weighted by Crippen LogP contribution is -2.61. The Morgan fingerprint density at radius 1 is 0.521 bits per heavy atom. The van der Waals surface area contributed by atoms with Gasteiger partial charge < -0.3 is 14.2 Å². The molecule has 3 heterocycles. The number of rotatable bonds is 3. The van der Waals surface area contributed by atoms with Gasteiger partial charge in [-0.1, -0.05) is 134 Å². The van der Waals surface area contributed by atoms with E-state index in [1.165, 1.54) is 178 Å². The zero-order chi connectivity index (χ0) is 49.7. The van der Waals surface area contributed by atoms with Crippen LogP contribution < -0.4 is 26.4 Å². The third-order valence-corrected chi connectivity index (χ3v) is 21.0. The Morgan fingerprint density at radius 2 is 1.08 bits per heavy atom. The molecule has 0 amide bonds. The molecule has 0 unspecified atom stereocenters. The van der Waals surface area contributed by atoms with Gasteiger partial charge in [0.15, 0.2) is 0 Å². The maximum absolute atomic E-state index is 7.76. The van der Waals surface area contributed by atoms with Crippen molar-refractivity contribution < 1.29 is 4.42 Å². The molecule has 71 heavy (non-hydrogen) atoms. The van der Waals surface area contributed by atoms with Crippen molar-refractivity contribution in [2.75, 3.05) is 9.80 Å². The molecular formula is C67H81BN2O. The van der Waals surface area contributed by atoms with E-state index in [-0.39, 0.29) is 44.6 Å². The van der Waals surface area contributed by atoms with E-state index in [2.05, 4.69) is 180 Å². The lowest BCUT2D eigenvalue weighted by atomic mass is 9.35. The predicted molar refractivity (Wildman–Crippen MR) is 303 cm³/mol. The average Bonchev–Trinajstić information content (AvgIpc) is 3.70. The summed E-state index contributed by atoms with van der Waals surface area (Å²) in [6.07, 6.45) is 16.3. The van der Waals surface area contributed by atoms with Crippen LogP contribution >= 0.6 is 0 Å². The van der Waals surface area contributed by atoms with Gasteiger partial charge in [-0.25, -0.2) is 0 Å². The number of anilines is 6. The SMILES string of the molecule is Cc1cc2c(cc1N1c3cc(C(C)(C)C)ccc3B3c4oc5cc6c(cc5c4N(c4ccc5c(c4)C(C)(C)CCC5(C)C)c4cc(C5CCCCC5)cc1c43)C1(C)CCC6(C)CC1)C(C)(C)CCC2(C)C. The Balaban J connectivity index is 1.16. The van der Waals surface area contributed by atoms with Gasteiger partial charge in [-0.2, -0.15) is 0 Å². The van der Waals surface area contributed by atoms with E-state index >= 15 is 0 Å². The molecule has 3 nitrogen and oxygen atoms in total. The highest BCUT2D eigenvalue weighted by molar-refractivity contribution is 7.00. The third kappa shape index (κ3) is 6.59. The molecule has 2 saturated carbocycles. The summed E-state index contributed by atoms with van der Waals surface area (Å²) in [7, 11) is 0. The van der Waals surface area contributed by atoms with Crippen LogP contribution in [0.4, 0.5) is 34.1 Å². The van der Waals surface area contributed by atoms with E-state index in [4.69, 9.17) is 4.42 Å². The molecule has 14 rings (SSSR count). The van der Waals surface area contributed by atoms with Gasteiger partial charge in [0.05, 0.1) is 11.3 Å². The molecule has 8 aliphatic rings. The second kappa shape index (κ2) is 14.8. The van der Waals surface area contributed by atoms with Crippen molar-refractivity contribution in [3.8, 4) is 0 Å². The zero-order valence-corrected chi connectivity index (χ0v) is 46.1. The molecule has 5 aromatic carbocycles. The van der Waals surface area contributed by atoms with Crippen LogP contribution in [0.15, 0.2) is 77.2 Å². The van der Waals surface area contributed by atoms with Gasteiger partial charge in [0.25, 0.3) is 6.71 Å². The summed E-state index contributed by atoms with van der Waals surface area (Å²) >= 11 is 0. The number of aryl methyl sites for hydroxylation is 1. The number of hydrogen-bond donors (Lipinski definition) is 0. The van der Waals surface area contributed by atoms with E-state index < -0.39 is 0 Å². The van der Waals surface area contributed by atoms with Crippen LogP contribution in [-0.4, -0.2) is 6.71 Å².